The Bertz CT molecular complexity index is 585. The standard InChI is InChI=1S/C19H29N3O2/c1-6-7-8-9-16(4)13-24-19(23)22(12-15(2)3)11-10-18-17(5)20-14-21-18/h6-9,14-15H,4,10-13H2,1-3,5H3,(H,20,21)/b7-6-,9-8-. The molecule has 1 N–H and O–H groups in total. The Balaban J connectivity index is 2.55. The van der Waals surface area contributed by atoms with Gasteiger partial charge in [0.15, 0.2) is 0 Å². The molecular weight excluding hydrogens is 302 g/mol. The van der Waals surface area contributed by atoms with Crippen molar-refractivity contribution >= 4 is 6.09 Å². The van der Waals surface area contributed by atoms with Crippen LogP contribution in [0.15, 0.2) is 42.8 Å². The van der Waals surface area contributed by atoms with Gasteiger partial charge in [-0.05, 0) is 25.3 Å². The van der Waals surface area contributed by atoms with Gasteiger partial charge in [-0.1, -0.05) is 44.7 Å². The molecule has 1 rings (SSSR count). The minimum absolute atomic E-state index is 0.197. The quantitative estimate of drug-likeness (QED) is 0.695. The zero-order valence-corrected chi connectivity index (χ0v) is 15.2. The molecule has 1 aromatic rings. The zero-order chi connectivity index (χ0) is 17.9. The summed E-state index contributed by atoms with van der Waals surface area (Å²) in [5.74, 6) is 0.371. The molecule has 0 aliphatic heterocycles. The number of carbonyl (C=O) groups excluding carboxylic acids is 1. The van der Waals surface area contributed by atoms with E-state index in [4.69, 9.17) is 4.74 Å². The Morgan fingerprint density at radius 1 is 1.46 bits per heavy atom. The molecule has 1 amide bonds. The van der Waals surface area contributed by atoms with Crippen LogP contribution in [0.4, 0.5) is 4.79 Å². The van der Waals surface area contributed by atoms with Gasteiger partial charge in [0.05, 0.1) is 12.0 Å². The lowest BCUT2D eigenvalue weighted by atomic mass is 10.2. The maximum absolute atomic E-state index is 12.4. The van der Waals surface area contributed by atoms with Gasteiger partial charge >= 0.3 is 6.09 Å². The van der Waals surface area contributed by atoms with Crippen molar-refractivity contribution in [1.82, 2.24) is 14.9 Å². The highest BCUT2D eigenvalue weighted by molar-refractivity contribution is 5.67. The van der Waals surface area contributed by atoms with Crippen molar-refractivity contribution < 1.29 is 9.53 Å². The number of amides is 1. The highest BCUT2D eigenvalue weighted by Gasteiger charge is 2.17. The third-order valence-electron chi connectivity index (χ3n) is 3.41. The topological polar surface area (TPSA) is 58.2 Å². The van der Waals surface area contributed by atoms with E-state index < -0.39 is 0 Å². The summed E-state index contributed by atoms with van der Waals surface area (Å²) in [5.41, 5.74) is 2.78. The van der Waals surface area contributed by atoms with Gasteiger partial charge in [-0.2, -0.15) is 0 Å². The smallest absolute Gasteiger partial charge is 0.410 e. The molecule has 24 heavy (non-hydrogen) atoms. The molecule has 0 radical (unpaired) electrons. The summed E-state index contributed by atoms with van der Waals surface area (Å²) < 4.78 is 5.38. The van der Waals surface area contributed by atoms with Gasteiger partial charge in [-0.25, -0.2) is 9.78 Å². The molecule has 0 aromatic carbocycles. The molecule has 0 saturated carbocycles. The van der Waals surface area contributed by atoms with E-state index in [0.29, 0.717) is 25.4 Å². The van der Waals surface area contributed by atoms with E-state index in [0.717, 1.165) is 17.0 Å². The van der Waals surface area contributed by atoms with Crippen LogP contribution in [-0.4, -0.2) is 40.7 Å². The lowest BCUT2D eigenvalue weighted by Crippen LogP contribution is -2.36. The largest absolute Gasteiger partial charge is 0.445 e. The molecule has 0 fully saturated rings. The molecule has 0 spiro atoms. The van der Waals surface area contributed by atoms with Crippen LogP contribution in [0.2, 0.25) is 0 Å². The van der Waals surface area contributed by atoms with Gasteiger partial charge < -0.3 is 14.6 Å². The van der Waals surface area contributed by atoms with Crippen molar-refractivity contribution in [2.45, 2.75) is 34.1 Å². The number of ether oxygens (including phenoxy) is 1. The van der Waals surface area contributed by atoms with E-state index in [1.807, 2.05) is 38.2 Å². The van der Waals surface area contributed by atoms with E-state index in [9.17, 15) is 4.79 Å². The minimum atomic E-state index is -0.308. The summed E-state index contributed by atoms with van der Waals surface area (Å²) in [6.45, 7) is 13.4. The Hall–Kier alpha value is -2.30. The van der Waals surface area contributed by atoms with Crippen molar-refractivity contribution in [3.05, 3.63) is 54.2 Å². The van der Waals surface area contributed by atoms with Crippen LogP contribution in [0.25, 0.3) is 0 Å². The van der Waals surface area contributed by atoms with Crippen LogP contribution in [0, 0.1) is 12.8 Å². The van der Waals surface area contributed by atoms with Crippen molar-refractivity contribution in [3.8, 4) is 0 Å². The van der Waals surface area contributed by atoms with Crippen LogP contribution in [0.3, 0.4) is 0 Å². The first-order valence-corrected chi connectivity index (χ1v) is 8.31. The van der Waals surface area contributed by atoms with Gasteiger partial charge in [0.25, 0.3) is 0 Å². The number of nitrogens with one attached hydrogen (secondary N) is 1. The van der Waals surface area contributed by atoms with Gasteiger partial charge in [-0.15, -0.1) is 0 Å². The fraction of sp³-hybridized carbons (Fsp3) is 0.474. The SMILES string of the molecule is C=C(/C=C\C=C/C)COC(=O)N(CCc1nc[nH]c1C)CC(C)C. The van der Waals surface area contributed by atoms with Gasteiger partial charge in [0.2, 0.25) is 0 Å². The minimum Gasteiger partial charge on any atom is -0.445 e. The Labute approximate surface area is 145 Å². The summed E-state index contributed by atoms with van der Waals surface area (Å²) in [5, 5.41) is 0. The fourth-order valence-electron chi connectivity index (χ4n) is 2.17. The highest BCUT2D eigenvalue weighted by Crippen LogP contribution is 2.08. The second kappa shape index (κ2) is 10.5. The summed E-state index contributed by atoms with van der Waals surface area (Å²) in [6.07, 6.45) is 9.63. The first-order chi connectivity index (χ1) is 11.4. The molecular formula is C19H29N3O2. The van der Waals surface area contributed by atoms with E-state index in [2.05, 4.69) is 30.4 Å². The number of aryl methyl sites for hydroxylation is 1. The van der Waals surface area contributed by atoms with Crippen molar-refractivity contribution in [2.75, 3.05) is 19.7 Å². The second-order valence-electron chi connectivity index (χ2n) is 6.16. The molecule has 1 aromatic heterocycles. The average molecular weight is 331 g/mol. The number of H-pyrrole nitrogens is 1. The number of hydrogen-bond donors (Lipinski definition) is 1. The number of imidazole rings is 1. The molecule has 132 valence electrons. The molecule has 0 saturated heterocycles. The summed E-state index contributed by atoms with van der Waals surface area (Å²) in [4.78, 5) is 21.4. The predicted octanol–water partition coefficient (Wildman–Crippen LogP) is 4.04. The van der Waals surface area contributed by atoms with Crippen molar-refractivity contribution in [1.29, 1.82) is 0 Å². The third kappa shape index (κ3) is 7.31. The number of nitrogens with zero attached hydrogens (tertiary/aromatic N) is 2. The second-order valence-corrected chi connectivity index (χ2v) is 6.16. The number of hydrogen-bond acceptors (Lipinski definition) is 3. The van der Waals surface area contributed by atoms with Crippen molar-refractivity contribution in [2.24, 2.45) is 5.92 Å². The first-order valence-electron chi connectivity index (χ1n) is 8.31. The van der Waals surface area contributed by atoms with Crippen LogP contribution in [-0.2, 0) is 11.2 Å². The van der Waals surface area contributed by atoms with Gasteiger partial charge in [0.1, 0.15) is 6.61 Å². The van der Waals surface area contributed by atoms with E-state index in [1.54, 1.807) is 11.2 Å². The van der Waals surface area contributed by atoms with E-state index >= 15 is 0 Å². The zero-order valence-electron chi connectivity index (χ0n) is 15.2. The number of rotatable bonds is 9. The number of aromatic nitrogens is 2. The van der Waals surface area contributed by atoms with Crippen LogP contribution < -0.4 is 0 Å². The van der Waals surface area contributed by atoms with Gasteiger partial charge in [-0.3, -0.25) is 0 Å². The molecule has 5 heteroatoms. The molecule has 0 unspecified atom stereocenters. The van der Waals surface area contributed by atoms with Crippen LogP contribution in [0.5, 0.6) is 0 Å². The third-order valence-corrected chi connectivity index (χ3v) is 3.41. The molecule has 0 bridgehead atoms. The lowest BCUT2D eigenvalue weighted by molar-refractivity contribution is 0.106. The van der Waals surface area contributed by atoms with E-state index in [-0.39, 0.29) is 12.7 Å². The highest BCUT2D eigenvalue weighted by atomic mass is 16.6. The maximum atomic E-state index is 12.4. The Morgan fingerprint density at radius 3 is 2.79 bits per heavy atom. The molecule has 0 atom stereocenters. The molecule has 0 aliphatic rings. The number of carbonyl (C=O) groups is 1. The summed E-state index contributed by atoms with van der Waals surface area (Å²) in [7, 11) is 0. The summed E-state index contributed by atoms with van der Waals surface area (Å²) >= 11 is 0. The lowest BCUT2D eigenvalue weighted by Gasteiger charge is -2.23. The summed E-state index contributed by atoms with van der Waals surface area (Å²) in [6, 6.07) is 0. The first kappa shape index (κ1) is 19.7. The number of aromatic amines is 1. The van der Waals surface area contributed by atoms with Gasteiger partial charge in [0, 0.05) is 25.2 Å². The molecule has 1 heterocycles. The Kier molecular flexibility index (Phi) is 8.61. The van der Waals surface area contributed by atoms with Crippen LogP contribution >= 0.6 is 0 Å². The Morgan fingerprint density at radius 2 is 2.21 bits per heavy atom. The average Bonchev–Trinajstić information content (AvgIpc) is 2.94. The molecule has 5 nitrogen and oxygen atoms in total. The maximum Gasteiger partial charge on any atom is 0.410 e. The molecule has 0 aliphatic carbocycles. The monoisotopic (exact) mass is 331 g/mol. The predicted molar refractivity (Wildman–Crippen MR) is 97.9 cm³/mol. The fourth-order valence-corrected chi connectivity index (χ4v) is 2.17. The normalized spacial score (nSPS) is 11.5. The number of allylic oxidation sites excluding steroid dienone is 3. The van der Waals surface area contributed by atoms with Crippen molar-refractivity contribution in [3.63, 3.8) is 0 Å². The van der Waals surface area contributed by atoms with E-state index in [1.165, 1.54) is 0 Å². The van der Waals surface area contributed by atoms with Crippen LogP contribution in [0.1, 0.15) is 32.2 Å².